The summed E-state index contributed by atoms with van der Waals surface area (Å²) in [5.41, 5.74) is -9.64. The molecule has 0 aliphatic carbocycles. The van der Waals surface area contributed by atoms with Crippen molar-refractivity contribution in [3.8, 4) is 0 Å². The fourth-order valence-corrected chi connectivity index (χ4v) is 2.70. The summed E-state index contributed by atoms with van der Waals surface area (Å²) in [6, 6.07) is 0. The first kappa shape index (κ1) is 19.5. The Morgan fingerprint density at radius 2 is 1.43 bits per heavy atom. The van der Waals surface area contributed by atoms with Gasteiger partial charge in [-0.1, -0.05) is 0 Å². The Bertz CT molecular complexity index is 571. The van der Waals surface area contributed by atoms with E-state index in [2.05, 4.69) is 0 Å². The molecule has 0 amide bonds. The van der Waals surface area contributed by atoms with Gasteiger partial charge in [-0.2, -0.15) is 0 Å². The lowest BCUT2D eigenvalue weighted by Crippen LogP contribution is -2.83. The Morgan fingerprint density at radius 3 is 1.74 bits per heavy atom. The maximum atomic E-state index is 12.0. The fraction of sp³-hybridized carbons (Fsp3) is 0.643. The monoisotopic (exact) mass is 331 g/mol. The van der Waals surface area contributed by atoms with Crippen LogP contribution in [0.3, 0.4) is 0 Å². The highest BCUT2D eigenvalue weighted by molar-refractivity contribution is 6.06. The summed E-state index contributed by atoms with van der Waals surface area (Å²) < 4.78 is 4.85. The SMILES string of the molecule is CC(=O)C(O)[C@H]1O[CH][C@](O)(C(C)=O)[C@](O)(C(C)=O)[C@@]1(O)C(C)=O. The van der Waals surface area contributed by atoms with Gasteiger partial charge in [0.25, 0.3) is 0 Å². The van der Waals surface area contributed by atoms with Crippen LogP contribution in [0.15, 0.2) is 0 Å². The summed E-state index contributed by atoms with van der Waals surface area (Å²) in [5.74, 6) is -4.73. The zero-order valence-electron chi connectivity index (χ0n) is 13.1. The fourth-order valence-electron chi connectivity index (χ4n) is 2.70. The van der Waals surface area contributed by atoms with Gasteiger partial charge in [-0.05, 0) is 27.7 Å². The normalized spacial score (nSPS) is 38.7. The van der Waals surface area contributed by atoms with E-state index in [1.165, 1.54) is 0 Å². The van der Waals surface area contributed by atoms with E-state index in [0.717, 1.165) is 27.7 Å². The predicted molar refractivity (Wildman–Crippen MR) is 72.8 cm³/mol. The van der Waals surface area contributed by atoms with Gasteiger partial charge in [-0.25, -0.2) is 0 Å². The molecular formula is C14H19O9. The molecule has 5 atom stereocenters. The van der Waals surface area contributed by atoms with Crippen molar-refractivity contribution in [1.82, 2.24) is 0 Å². The van der Waals surface area contributed by atoms with Crippen LogP contribution in [-0.4, -0.2) is 72.6 Å². The van der Waals surface area contributed by atoms with Gasteiger partial charge in [0.1, 0.15) is 18.8 Å². The van der Waals surface area contributed by atoms with E-state index in [0.29, 0.717) is 6.61 Å². The molecule has 1 fully saturated rings. The summed E-state index contributed by atoms with van der Waals surface area (Å²) in [6.07, 6.45) is -4.19. The molecule has 1 rings (SSSR count). The van der Waals surface area contributed by atoms with Crippen LogP contribution in [-0.2, 0) is 23.9 Å². The van der Waals surface area contributed by atoms with Crippen LogP contribution in [0.4, 0.5) is 0 Å². The number of carbonyl (C=O) groups is 4. The number of Topliss-reactive ketones (excluding diaryl/α,β-unsaturated/α-hetero) is 4. The molecule has 0 bridgehead atoms. The molecule has 0 spiro atoms. The highest BCUT2D eigenvalue weighted by atomic mass is 16.6. The maximum absolute atomic E-state index is 12.0. The van der Waals surface area contributed by atoms with Crippen molar-refractivity contribution in [2.24, 2.45) is 0 Å². The molecule has 0 aromatic carbocycles. The van der Waals surface area contributed by atoms with Crippen LogP contribution in [0.2, 0.25) is 0 Å². The molecule has 9 nitrogen and oxygen atoms in total. The first-order valence-corrected chi connectivity index (χ1v) is 6.67. The van der Waals surface area contributed by atoms with E-state index < -0.39 is 52.1 Å². The van der Waals surface area contributed by atoms with Gasteiger partial charge in [-0.15, -0.1) is 0 Å². The number of rotatable bonds is 5. The standard InChI is InChI=1S/C14H19O9/c1-6(15)10(19)11-13(21,8(3)17)14(22,9(4)18)12(20,5-23-11)7(2)16/h5,10-11,19-22H,1-4H3/t10?,11-,12+,13-,14-/m1/s1. The summed E-state index contributed by atoms with van der Waals surface area (Å²) >= 11 is 0. The average Bonchev–Trinajstić information content (AvgIpc) is 2.43. The third-order valence-corrected chi connectivity index (χ3v) is 4.19. The Balaban J connectivity index is 3.74. The average molecular weight is 331 g/mol. The van der Waals surface area contributed by atoms with E-state index in [4.69, 9.17) is 4.74 Å². The Hall–Kier alpha value is -1.52. The van der Waals surface area contributed by atoms with Crippen molar-refractivity contribution in [2.75, 3.05) is 0 Å². The smallest absolute Gasteiger partial charge is 0.199 e. The highest BCUT2D eigenvalue weighted by Gasteiger charge is 2.76. The van der Waals surface area contributed by atoms with E-state index >= 15 is 0 Å². The van der Waals surface area contributed by atoms with Gasteiger partial charge < -0.3 is 25.2 Å². The Kier molecular flexibility index (Phi) is 4.96. The lowest BCUT2D eigenvalue weighted by atomic mass is 9.61. The number of hydrogen-bond donors (Lipinski definition) is 4. The summed E-state index contributed by atoms with van der Waals surface area (Å²) in [5, 5.41) is 41.7. The number of aliphatic hydroxyl groups excluding tert-OH is 1. The quantitative estimate of drug-likeness (QED) is 0.425. The summed E-state index contributed by atoms with van der Waals surface area (Å²) in [4.78, 5) is 47.1. The minimum absolute atomic E-state index is 0.338. The third-order valence-electron chi connectivity index (χ3n) is 4.19. The molecule has 1 heterocycles. The second-order valence-electron chi connectivity index (χ2n) is 5.64. The number of hydrogen-bond acceptors (Lipinski definition) is 9. The minimum atomic E-state index is -3.35. The van der Waals surface area contributed by atoms with Crippen LogP contribution < -0.4 is 0 Å². The van der Waals surface area contributed by atoms with Crippen molar-refractivity contribution in [1.29, 1.82) is 0 Å². The van der Waals surface area contributed by atoms with E-state index in [1.54, 1.807) is 0 Å². The zero-order valence-corrected chi connectivity index (χ0v) is 13.1. The molecule has 0 aromatic rings. The molecule has 0 aromatic heterocycles. The van der Waals surface area contributed by atoms with Gasteiger partial charge in [-0.3, -0.25) is 19.2 Å². The number of carbonyl (C=O) groups excluding carboxylic acids is 4. The van der Waals surface area contributed by atoms with Crippen LogP contribution >= 0.6 is 0 Å². The molecule has 1 unspecified atom stereocenters. The summed E-state index contributed by atoms with van der Waals surface area (Å²) in [7, 11) is 0. The topological polar surface area (TPSA) is 158 Å². The van der Waals surface area contributed by atoms with Gasteiger partial charge >= 0.3 is 0 Å². The zero-order chi connectivity index (χ0) is 18.4. The van der Waals surface area contributed by atoms with Crippen molar-refractivity contribution in [3.63, 3.8) is 0 Å². The number of ketones is 4. The molecule has 9 heteroatoms. The highest BCUT2D eigenvalue weighted by Crippen LogP contribution is 2.46. The van der Waals surface area contributed by atoms with Gasteiger partial charge in [0, 0.05) is 0 Å². The molecule has 1 aliphatic heterocycles. The minimum Gasteiger partial charge on any atom is -0.382 e. The van der Waals surface area contributed by atoms with Crippen molar-refractivity contribution < 1.29 is 44.3 Å². The Labute approximate surface area is 131 Å². The van der Waals surface area contributed by atoms with E-state index in [-0.39, 0.29) is 0 Å². The lowest BCUT2D eigenvalue weighted by molar-refractivity contribution is -0.287. The molecule has 1 aliphatic rings. The second-order valence-corrected chi connectivity index (χ2v) is 5.64. The second kappa shape index (κ2) is 5.84. The molecular weight excluding hydrogens is 312 g/mol. The number of aliphatic hydroxyl groups is 4. The molecule has 129 valence electrons. The molecule has 23 heavy (non-hydrogen) atoms. The largest absolute Gasteiger partial charge is 0.382 e. The first-order valence-electron chi connectivity index (χ1n) is 6.67. The first-order chi connectivity index (χ1) is 10.3. The van der Waals surface area contributed by atoms with Crippen LogP contribution in [0, 0.1) is 6.61 Å². The maximum Gasteiger partial charge on any atom is 0.199 e. The van der Waals surface area contributed by atoms with E-state index in [9.17, 15) is 39.6 Å². The molecule has 1 radical (unpaired) electrons. The van der Waals surface area contributed by atoms with Gasteiger partial charge in [0.15, 0.2) is 39.9 Å². The van der Waals surface area contributed by atoms with Crippen LogP contribution in [0.1, 0.15) is 27.7 Å². The van der Waals surface area contributed by atoms with Crippen molar-refractivity contribution in [2.45, 2.75) is 56.7 Å². The number of ether oxygens (including phenoxy) is 1. The van der Waals surface area contributed by atoms with Gasteiger partial charge in [0.05, 0.1) is 0 Å². The third kappa shape index (κ3) is 2.36. The van der Waals surface area contributed by atoms with Crippen molar-refractivity contribution >= 4 is 23.1 Å². The Morgan fingerprint density at radius 1 is 0.957 bits per heavy atom. The molecule has 1 saturated heterocycles. The van der Waals surface area contributed by atoms with Gasteiger partial charge in [0.2, 0.25) is 0 Å². The summed E-state index contributed by atoms with van der Waals surface area (Å²) in [6.45, 7) is 3.55. The predicted octanol–water partition coefficient (Wildman–Crippen LogP) is -2.54. The molecule has 0 saturated carbocycles. The molecule has 4 N–H and O–H groups in total. The van der Waals surface area contributed by atoms with Crippen LogP contribution in [0.25, 0.3) is 0 Å². The van der Waals surface area contributed by atoms with Crippen molar-refractivity contribution in [3.05, 3.63) is 6.61 Å². The lowest BCUT2D eigenvalue weighted by Gasteiger charge is -2.55. The van der Waals surface area contributed by atoms with Crippen LogP contribution in [0.5, 0.6) is 0 Å². The van der Waals surface area contributed by atoms with E-state index in [1.807, 2.05) is 0 Å².